The summed E-state index contributed by atoms with van der Waals surface area (Å²) in [4.78, 5) is 11.3. The molecule has 9 heteroatoms. The van der Waals surface area contributed by atoms with E-state index in [4.69, 9.17) is 0 Å². The Morgan fingerprint density at radius 3 is 2.40 bits per heavy atom. The van der Waals surface area contributed by atoms with Gasteiger partial charge < -0.3 is 9.29 Å². The van der Waals surface area contributed by atoms with Crippen molar-refractivity contribution >= 4 is 34.0 Å². The number of hydrogen-bond donors (Lipinski definition) is 1. The van der Waals surface area contributed by atoms with Gasteiger partial charge in [0.2, 0.25) is 0 Å². The fourth-order valence-corrected chi connectivity index (χ4v) is 3.64. The number of alkyl halides is 3. The van der Waals surface area contributed by atoms with Crippen molar-refractivity contribution in [2.24, 2.45) is 0 Å². The molecule has 2 aromatic rings. The molecule has 0 aliphatic heterocycles. The highest BCUT2D eigenvalue weighted by Crippen LogP contribution is 2.43. The third kappa shape index (κ3) is 4.11. The molecule has 0 fully saturated rings. The van der Waals surface area contributed by atoms with Crippen LogP contribution in [0, 0.1) is 0 Å². The van der Waals surface area contributed by atoms with Crippen molar-refractivity contribution in [1.29, 1.82) is 0 Å². The summed E-state index contributed by atoms with van der Waals surface area (Å²) in [6.07, 6.45) is 4.47. The van der Waals surface area contributed by atoms with Gasteiger partial charge in [-0.1, -0.05) is 56.3 Å². The van der Waals surface area contributed by atoms with Crippen molar-refractivity contribution in [2.45, 2.75) is 24.8 Å². The van der Waals surface area contributed by atoms with Crippen LogP contribution in [0.25, 0.3) is 17.9 Å². The third-order valence-corrected chi connectivity index (χ3v) is 5.59. The lowest BCUT2D eigenvalue weighted by Gasteiger charge is -2.17. The van der Waals surface area contributed by atoms with E-state index < -0.39 is 32.8 Å². The van der Waals surface area contributed by atoms with Crippen LogP contribution in [0.1, 0.15) is 46.5 Å². The summed E-state index contributed by atoms with van der Waals surface area (Å²) in [5.74, 6) is -1.49. The van der Waals surface area contributed by atoms with Gasteiger partial charge in [0.25, 0.3) is 0 Å². The van der Waals surface area contributed by atoms with E-state index in [2.05, 4.69) is 4.18 Å². The Morgan fingerprint density at radius 1 is 1.10 bits per heavy atom. The molecule has 0 heterocycles. The third-order valence-electron chi connectivity index (χ3n) is 4.62. The van der Waals surface area contributed by atoms with Gasteiger partial charge in [0, 0.05) is 11.0 Å². The molecule has 0 unspecified atom stereocenters. The van der Waals surface area contributed by atoms with Crippen LogP contribution in [0.5, 0.6) is 0 Å². The van der Waals surface area contributed by atoms with Crippen LogP contribution in [0.3, 0.4) is 0 Å². The summed E-state index contributed by atoms with van der Waals surface area (Å²) >= 11 is 0. The maximum atomic E-state index is 12.7. The maximum Gasteiger partial charge on any atom is 0.534 e. The highest BCUT2D eigenvalue weighted by Gasteiger charge is 2.50. The fourth-order valence-electron chi connectivity index (χ4n) is 3.17. The first-order chi connectivity index (χ1) is 13.8. The van der Waals surface area contributed by atoms with E-state index in [0.717, 1.165) is 0 Å². The number of rotatable bonds is 5. The lowest BCUT2D eigenvalue weighted by molar-refractivity contribution is -0.0509. The second-order valence-corrected chi connectivity index (χ2v) is 8.78. The lowest BCUT2D eigenvalue weighted by Crippen LogP contribution is -2.24. The van der Waals surface area contributed by atoms with Crippen molar-refractivity contribution in [3.63, 3.8) is 0 Å². The molecule has 0 aromatic heterocycles. The molecule has 1 aliphatic rings. The fraction of sp³-hybridized carbons (Fsp3) is 0.190. The second kappa shape index (κ2) is 7.32. The molecule has 0 amide bonds. The van der Waals surface area contributed by atoms with Crippen molar-refractivity contribution in [3.8, 4) is 0 Å². The van der Waals surface area contributed by atoms with Crippen LogP contribution in [0.4, 0.5) is 13.2 Å². The molecule has 3 rings (SSSR count). The highest BCUT2D eigenvalue weighted by atomic mass is 32.2. The number of benzene rings is 2. The Morgan fingerprint density at radius 2 is 1.77 bits per heavy atom. The minimum atomic E-state index is -5.81. The van der Waals surface area contributed by atoms with Gasteiger partial charge in [-0.25, -0.2) is 4.79 Å². The Balaban J connectivity index is 1.99. The second-order valence-electron chi connectivity index (χ2n) is 7.24. The van der Waals surface area contributed by atoms with Gasteiger partial charge in [0.15, 0.2) is 0 Å². The van der Waals surface area contributed by atoms with E-state index in [1.807, 2.05) is 0 Å². The lowest BCUT2D eigenvalue weighted by atomic mass is 9.86. The van der Waals surface area contributed by atoms with Gasteiger partial charge in [-0.15, -0.1) is 0 Å². The number of halogens is 3. The van der Waals surface area contributed by atoms with E-state index in [0.29, 0.717) is 16.7 Å². The normalized spacial score (nSPS) is 15.7. The molecule has 0 atom stereocenters. The monoisotopic (exact) mass is 438 g/mol. The zero-order valence-electron chi connectivity index (χ0n) is 15.9. The number of carboxylic acid groups (broad SMARTS) is 1. The van der Waals surface area contributed by atoms with Gasteiger partial charge in [-0.3, -0.25) is 0 Å². The Kier molecular flexibility index (Phi) is 5.28. The first-order valence-electron chi connectivity index (χ1n) is 8.71. The minimum absolute atomic E-state index is 0.0937. The Bertz CT molecular complexity index is 1180. The van der Waals surface area contributed by atoms with Gasteiger partial charge in [0.1, 0.15) is 5.76 Å². The number of aromatic carboxylic acids is 1. The highest BCUT2D eigenvalue weighted by molar-refractivity contribution is 7.87. The number of fused-ring (bicyclic) bond motifs is 1. The molecular weight excluding hydrogens is 421 g/mol. The molecule has 0 saturated heterocycles. The molecule has 30 heavy (non-hydrogen) atoms. The van der Waals surface area contributed by atoms with Crippen LogP contribution in [-0.4, -0.2) is 25.0 Å². The molecule has 1 aliphatic carbocycles. The predicted octanol–water partition coefficient (Wildman–Crippen LogP) is 5.05. The minimum Gasteiger partial charge on any atom is -0.478 e. The predicted molar refractivity (Wildman–Crippen MR) is 106 cm³/mol. The van der Waals surface area contributed by atoms with Crippen molar-refractivity contribution in [2.75, 3.05) is 0 Å². The van der Waals surface area contributed by atoms with Gasteiger partial charge in [-0.2, -0.15) is 21.6 Å². The molecule has 1 N–H and O–H groups in total. The average Bonchev–Trinajstić information content (AvgIpc) is 2.88. The number of hydrogen-bond acceptors (Lipinski definition) is 4. The van der Waals surface area contributed by atoms with E-state index in [1.54, 1.807) is 56.3 Å². The summed E-state index contributed by atoms with van der Waals surface area (Å²) < 4.78 is 65.6. The van der Waals surface area contributed by atoms with E-state index in [-0.39, 0.29) is 11.1 Å². The SMILES string of the molecule is CC1(C)C=C(OS(=O)(=O)C(F)(F)F)c2cc(/C=C/c3ccccc3C(=O)O)ccc21. The Labute approximate surface area is 171 Å². The molecule has 0 spiro atoms. The first-order valence-corrected chi connectivity index (χ1v) is 10.1. The topological polar surface area (TPSA) is 80.7 Å². The smallest absolute Gasteiger partial charge is 0.478 e. The standard InChI is InChI=1S/C21H17F3O5S/c1-20(2)12-18(29-30(27,28)21(22,23)24)16-11-13(8-10-17(16)20)7-9-14-5-3-4-6-15(14)19(25)26/h3-12H,1-2H3,(H,25,26)/b9-7+. The summed E-state index contributed by atoms with van der Waals surface area (Å²) in [5.41, 5.74) is -4.37. The molecule has 5 nitrogen and oxygen atoms in total. The van der Waals surface area contributed by atoms with Crippen molar-refractivity contribution in [1.82, 2.24) is 0 Å². The maximum absolute atomic E-state index is 12.7. The van der Waals surface area contributed by atoms with Crippen LogP contribution in [0.2, 0.25) is 0 Å². The number of allylic oxidation sites excluding steroid dienone is 1. The van der Waals surface area contributed by atoms with Crippen LogP contribution in [-0.2, 0) is 19.7 Å². The van der Waals surface area contributed by atoms with Crippen molar-refractivity contribution < 1.29 is 35.7 Å². The van der Waals surface area contributed by atoms with Gasteiger partial charge in [-0.05, 0) is 34.9 Å². The first kappa shape index (κ1) is 21.6. The molecule has 0 bridgehead atoms. The molecule has 0 radical (unpaired) electrons. The largest absolute Gasteiger partial charge is 0.534 e. The van der Waals surface area contributed by atoms with Gasteiger partial charge >= 0.3 is 21.6 Å². The van der Waals surface area contributed by atoms with Crippen LogP contribution >= 0.6 is 0 Å². The Hall–Kier alpha value is -3.07. The van der Waals surface area contributed by atoms with Crippen molar-refractivity contribution in [3.05, 3.63) is 76.4 Å². The van der Waals surface area contributed by atoms with Crippen LogP contribution < -0.4 is 0 Å². The molecule has 2 aromatic carbocycles. The zero-order chi connectivity index (χ0) is 22.3. The molecule has 0 saturated carbocycles. The van der Waals surface area contributed by atoms with E-state index in [1.165, 1.54) is 18.2 Å². The van der Waals surface area contributed by atoms with E-state index in [9.17, 15) is 31.5 Å². The summed E-state index contributed by atoms with van der Waals surface area (Å²) in [6, 6.07) is 11.2. The summed E-state index contributed by atoms with van der Waals surface area (Å²) in [6.45, 7) is 3.45. The zero-order valence-corrected chi connectivity index (χ0v) is 16.7. The molecule has 158 valence electrons. The average molecular weight is 438 g/mol. The number of carbonyl (C=O) groups is 1. The summed E-state index contributed by atoms with van der Waals surface area (Å²) in [7, 11) is -5.81. The van der Waals surface area contributed by atoms with E-state index >= 15 is 0 Å². The van der Waals surface area contributed by atoms with Gasteiger partial charge in [0.05, 0.1) is 5.56 Å². The summed E-state index contributed by atoms with van der Waals surface area (Å²) in [5, 5.41) is 9.25. The molecular formula is C21H17F3O5S. The number of carboxylic acids is 1. The quantitative estimate of drug-likeness (QED) is 0.401. The van der Waals surface area contributed by atoms with Crippen LogP contribution in [0.15, 0.2) is 48.5 Å².